The predicted molar refractivity (Wildman–Crippen MR) is 111 cm³/mol. The predicted octanol–water partition coefficient (Wildman–Crippen LogP) is 4.15. The summed E-state index contributed by atoms with van der Waals surface area (Å²) in [4.78, 5) is 15.9. The van der Waals surface area contributed by atoms with Crippen LogP contribution in [0.5, 0.6) is 0 Å². The maximum atomic E-state index is 12.9. The number of hydrogen-bond donors (Lipinski definition) is 0. The molecule has 4 rings (SSSR count). The molecule has 1 aromatic carbocycles. The number of amides is 1. The van der Waals surface area contributed by atoms with E-state index in [9.17, 15) is 4.79 Å². The normalized spacial score (nSPS) is 16.6. The molecule has 1 aliphatic rings. The van der Waals surface area contributed by atoms with Gasteiger partial charge < -0.3 is 9.64 Å². The molecular weight excluding hydrogens is 370 g/mol. The highest BCUT2D eigenvalue weighted by Gasteiger charge is 2.22. The van der Waals surface area contributed by atoms with Gasteiger partial charge in [0, 0.05) is 35.9 Å². The number of nitrogens with zero attached hydrogens (tertiary/aromatic N) is 3. The third-order valence-corrected chi connectivity index (χ3v) is 5.59. The minimum Gasteiger partial charge on any atom is -0.376 e. The smallest absolute Gasteiger partial charge is 0.246 e. The maximum absolute atomic E-state index is 12.9. The van der Waals surface area contributed by atoms with E-state index in [0.29, 0.717) is 13.1 Å². The molecule has 1 atom stereocenters. The SMILES string of the molecule is O=C(/C=C/c1cnn(-c2ccccc2)c1)N(Cc1cccs1)CC1CCCO1. The quantitative estimate of drug-likeness (QED) is 0.567. The van der Waals surface area contributed by atoms with Crippen molar-refractivity contribution in [2.24, 2.45) is 0 Å². The van der Waals surface area contributed by atoms with E-state index in [1.165, 1.54) is 4.88 Å². The molecule has 144 valence electrons. The average molecular weight is 394 g/mol. The maximum Gasteiger partial charge on any atom is 0.246 e. The van der Waals surface area contributed by atoms with Gasteiger partial charge in [-0.25, -0.2) is 4.68 Å². The molecule has 1 saturated heterocycles. The molecule has 0 bridgehead atoms. The van der Waals surface area contributed by atoms with Gasteiger partial charge in [0.25, 0.3) is 0 Å². The molecule has 28 heavy (non-hydrogen) atoms. The first-order valence-electron chi connectivity index (χ1n) is 9.49. The zero-order valence-corrected chi connectivity index (χ0v) is 16.4. The third kappa shape index (κ3) is 4.77. The molecule has 0 N–H and O–H groups in total. The number of rotatable bonds is 7. The van der Waals surface area contributed by atoms with Crippen LogP contribution in [0.15, 0.2) is 66.3 Å². The minimum absolute atomic E-state index is 0.00337. The Morgan fingerprint density at radius 1 is 1.29 bits per heavy atom. The Bertz CT molecular complexity index is 912. The Balaban J connectivity index is 1.44. The fourth-order valence-corrected chi connectivity index (χ4v) is 3.99. The van der Waals surface area contributed by atoms with Gasteiger partial charge in [-0.3, -0.25) is 4.79 Å². The first-order chi connectivity index (χ1) is 13.8. The summed E-state index contributed by atoms with van der Waals surface area (Å²) in [5.41, 5.74) is 1.89. The lowest BCUT2D eigenvalue weighted by atomic mass is 10.2. The van der Waals surface area contributed by atoms with Crippen LogP contribution in [-0.2, 0) is 16.1 Å². The van der Waals surface area contributed by atoms with Crippen LogP contribution in [0.2, 0.25) is 0 Å². The highest BCUT2D eigenvalue weighted by molar-refractivity contribution is 7.09. The lowest BCUT2D eigenvalue weighted by Crippen LogP contribution is -2.35. The van der Waals surface area contributed by atoms with Crippen LogP contribution >= 0.6 is 11.3 Å². The summed E-state index contributed by atoms with van der Waals surface area (Å²) in [5.74, 6) is -0.00337. The highest BCUT2D eigenvalue weighted by Crippen LogP contribution is 2.18. The molecule has 1 amide bonds. The van der Waals surface area contributed by atoms with E-state index in [2.05, 4.69) is 11.2 Å². The summed E-state index contributed by atoms with van der Waals surface area (Å²) in [6.45, 7) is 2.04. The molecular formula is C22H23N3O2S. The molecule has 2 aromatic heterocycles. The summed E-state index contributed by atoms with van der Waals surface area (Å²) in [6.07, 6.45) is 9.37. The van der Waals surface area contributed by atoms with Gasteiger partial charge in [-0.2, -0.15) is 5.10 Å². The van der Waals surface area contributed by atoms with Crippen molar-refractivity contribution >= 4 is 23.3 Å². The Morgan fingerprint density at radius 3 is 2.93 bits per heavy atom. The minimum atomic E-state index is -0.00337. The van der Waals surface area contributed by atoms with Crippen molar-refractivity contribution < 1.29 is 9.53 Å². The fraction of sp³-hybridized carbons (Fsp3) is 0.273. The second kappa shape index (κ2) is 8.99. The van der Waals surface area contributed by atoms with Crippen LogP contribution in [-0.4, -0.2) is 39.8 Å². The standard InChI is InChI=1S/C22H23N3O2S/c26-22(11-10-18-14-23-25(15-18)19-6-2-1-3-7-19)24(16-20-8-4-12-27-20)17-21-9-5-13-28-21/h1-3,5-7,9-11,13-15,20H,4,8,12,16-17H2/b11-10+. The van der Waals surface area contributed by atoms with Crippen LogP contribution in [0.4, 0.5) is 0 Å². The molecule has 0 saturated carbocycles. The molecule has 0 spiro atoms. The van der Waals surface area contributed by atoms with Crippen LogP contribution in [0.3, 0.4) is 0 Å². The van der Waals surface area contributed by atoms with Gasteiger partial charge in [0.05, 0.1) is 24.5 Å². The van der Waals surface area contributed by atoms with Gasteiger partial charge in [0.15, 0.2) is 0 Å². The first kappa shape index (κ1) is 18.7. The molecule has 1 fully saturated rings. The number of carbonyl (C=O) groups is 1. The van der Waals surface area contributed by atoms with Crippen LogP contribution in [0.25, 0.3) is 11.8 Å². The monoisotopic (exact) mass is 393 g/mol. The number of benzene rings is 1. The van der Waals surface area contributed by atoms with Gasteiger partial charge in [0.1, 0.15) is 0 Å². The highest BCUT2D eigenvalue weighted by atomic mass is 32.1. The number of thiophene rings is 1. The first-order valence-corrected chi connectivity index (χ1v) is 10.4. The number of aromatic nitrogens is 2. The number of para-hydroxylation sites is 1. The van der Waals surface area contributed by atoms with E-state index >= 15 is 0 Å². The molecule has 0 radical (unpaired) electrons. The van der Waals surface area contributed by atoms with Crippen molar-refractivity contribution in [2.45, 2.75) is 25.5 Å². The number of ether oxygens (including phenoxy) is 1. The topological polar surface area (TPSA) is 47.4 Å². The van der Waals surface area contributed by atoms with Gasteiger partial charge in [-0.05, 0) is 42.5 Å². The van der Waals surface area contributed by atoms with E-state index in [1.807, 2.05) is 59.0 Å². The van der Waals surface area contributed by atoms with E-state index < -0.39 is 0 Å². The Labute approximate surface area is 168 Å². The zero-order chi connectivity index (χ0) is 19.2. The summed E-state index contributed by atoms with van der Waals surface area (Å²) in [5, 5.41) is 6.41. The third-order valence-electron chi connectivity index (χ3n) is 4.73. The van der Waals surface area contributed by atoms with Crippen molar-refractivity contribution in [3.63, 3.8) is 0 Å². The van der Waals surface area contributed by atoms with E-state index in [4.69, 9.17) is 4.74 Å². The van der Waals surface area contributed by atoms with Crippen molar-refractivity contribution in [3.8, 4) is 5.69 Å². The Kier molecular flexibility index (Phi) is 5.99. The van der Waals surface area contributed by atoms with Gasteiger partial charge in [-0.15, -0.1) is 11.3 Å². The molecule has 1 aliphatic heterocycles. The summed E-state index contributed by atoms with van der Waals surface area (Å²) >= 11 is 1.67. The molecule has 5 nitrogen and oxygen atoms in total. The van der Waals surface area contributed by atoms with Crippen molar-refractivity contribution in [1.29, 1.82) is 0 Å². The van der Waals surface area contributed by atoms with Crippen molar-refractivity contribution in [1.82, 2.24) is 14.7 Å². The van der Waals surface area contributed by atoms with E-state index in [0.717, 1.165) is 30.7 Å². The fourth-order valence-electron chi connectivity index (χ4n) is 3.27. The molecule has 1 unspecified atom stereocenters. The van der Waals surface area contributed by atoms with Gasteiger partial charge in [0.2, 0.25) is 5.91 Å². The second-order valence-electron chi connectivity index (χ2n) is 6.82. The molecule has 6 heteroatoms. The second-order valence-corrected chi connectivity index (χ2v) is 7.85. The van der Waals surface area contributed by atoms with Crippen molar-refractivity contribution in [3.05, 3.63) is 76.8 Å². The van der Waals surface area contributed by atoms with Crippen LogP contribution in [0, 0.1) is 0 Å². The lowest BCUT2D eigenvalue weighted by molar-refractivity contribution is -0.128. The largest absolute Gasteiger partial charge is 0.376 e. The Morgan fingerprint density at radius 2 is 2.18 bits per heavy atom. The zero-order valence-electron chi connectivity index (χ0n) is 15.6. The van der Waals surface area contributed by atoms with Crippen molar-refractivity contribution in [2.75, 3.05) is 13.2 Å². The summed E-state index contributed by atoms with van der Waals surface area (Å²) < 4.78 is 7.55. The average Bonchev–Trinajstić information content (AvgIpc) is 3.49. The molecule has 0 aliphatic carbocycles. The van der Waals surface area contributed by atoms with E-state index in [-0.39, 0.29) is 12.0 Å². The summed E-state index contributed by atoms with van der Waals surface area (Å²) in [7, 11) is 0. The van der Waals surface area contributed by atoms with Gasteiger partial charge >= 0.3 is 0 Å². The van der Waals surface area contributed by atoms with E-state index in [1.54, 1.807) is 28.3 Å². The number of hydrogen-bond acceptors (Lipinski definition) is 4. The van der Waals surface area contributed by atoms with Crippen LogP contribution in [0.1, 0.15) is 23.3 Å². The van der Waals surface area contributed by atoms with Crippen LogP contribution < -0.4 is 0 Å². The molecule has 3 heterocycles. The summed E-state index contributed by atoms with van der Waals surface area (Å²) in [6, 6.07) is 14.0. The molecule has 3 aromatic rings. The van der Waals surface area contributed by atoms with Gasteiger partial charge in [-0.1, -0.05) is 24.3 Å². The number of carbonyl (C=O) groups excluding carboxylic acids is 1. The lowest BCUT2D eigenvalue weighted by Gasteiger charge is -2.23. The Hall–Kier alpha value is -2.70.